The summed E-state index contributed by atoms with van der Waals surface area (Å²) < 4.78 is 0.406. The summed E-state index contributed by atoms with van der Waals surface area (Å²) in [5.41, 5.74) is -0.938. The molecule has 1 saturated carbocycles. The Hall–Kier alpha value is -0.610. The maximum atomic E-state index is 11.2. The largest absolute Gasteiger partial charge is 0.481 e. The van der Waals surface area contributed by atoms with E-state index in [1.165, 1.54) is 11.3 Å². The van der Waals surface area contributed by atoms with Gasteiger partial charge in [-0.05, 0) is 11.8 Å². The predicted molar refractivity (Wildman–Crippen MR) is 54.8 cm³/mol. The number of carboxylic acid groups (broad SMARTS) is 1. The molecule has 0 aliphatic heterocycles. The number of aliphatic carboxylic acids is 1. The van der Waals surface area contributed by atoms with Gasteiger partial charge in [0.2, 0.25) is 0 Å². The Bertz CT molecular complexity index is 401. The van der Waals surface area contributed by atoms with Crippen molar-refractivity contribution in [3.05, 3.63) is 15.5 Å². The van der Waals surface area contributed by atoms with Crippen molar-refractivity contribution in [1.29, 1.82) is 0 Å². The highest BCUT2D eigenvalue weighted by Gasteiger charge is 2.68. The average Bonchev–Trinajstić information content (AvgIpc) is 2.44. The van der Waals surface area contributed by atoms with E-state index in [4.69, 9.17) is 11.6 Å². The molecule has 1 unspecified atom stereocenters. The van der Waals surface area contributed by atoms with Crippen LogP contribution in [0.15, 0.2) is 6.20 Å². The van der Waals surface area contributed by atoms with E-state index in [0.717, 1.165) is 4.88 Å². The summed E-state index contributed by atoms with van der Waals surface area (Å²) in [6, 6.07) is 0. The maximum Gasteiger partial charge on any atom is 0.315 e. The summed E-state index contributed by atoms with van der Waals surface area (Å²) in [5, 5.41) is 9.24. The Morgan fingerprint density at radius 1 is 1.71 bits per heavy atom. The summed E-state index contributed by atoms with van der Waals surface area (Å²) in [5.74, 6) is -0.775. The fraction of sp³-hybridized carbons (Fsp3) is 0.556. The highest BCUT2D eigenvalue weighted by molar-refractivity contribution is 7.16. The van der Waals surface area contributed by atoms with E-state index in [2.05, 4.69) is 4.98 Å². The molecule has 1 heterocycles. The van der Waals surface area contributed by atoms with Gasteiger partial charge in [-0.2, -0.15) is 0 Å². The molecule has 1 atom stereocenters. The van der Waals surface area contributed by atoms with Crippen LogP contribution in [0.25, 0.3) is 0 Å². The van der Waals surface area contributed by atoms with E-state index < -0.39 is 11.4 Å². The van der Waals surface area contributed by atoms with Crippen LogP contribution in [0.5, 0.6) is 0 Å². The molecule has 1 aliphatic rings. The number of rotatable bonds is 2. The van der Waals surface area contributed by atoms with Gasteiger partial charge in [-0.1, -0.05) is 25.4 Å². The van der Waals surface area contributed by atoms with Crippen molar-refractivity contribution >= 4 is 28.9 Å². The van der Waals surface area contributed by atoms with Crippen LogP contribution in [0.3, 0.4) is 0 Å². The lowest BCUT2D eigenvalue weighted by molar-refractivity contribution is -0.140. The van der Waals surface area contributed by atoms with Crippen LogP contribution in [0.2, 0.25) is 4.47 Å². The van der Waals surface area contributed by atoms with Crippen molar-refractivity contribution in [2.45, 2.75) is 25.7 Å². The van der Waals surface area contributed by atoms with Crippen LogP contribution in [0, 0.1) is 5.41 Å². The van der Waals surface area contributed by atoms with Crippen molar-refractivity contribution in [3.8, 4) is 0 Å². The molecule has 0 saturated heterocycles. The minimum absolute atomic E-state index is 0.186. The van der Waals surface area contributed by atoms with Gasteiger partial charge in [0, 0.05) is 11.1 Å². The standard InChI is InChI=1S/C9H10ClNO2S/c1-8(2)4-9(8,6(12)13)5-3-11-7(10)14-5/h3H,4H2,1-2H3,(H,12,13). The van der Waals surface area contributed by atoms with Crippen LogP contribution < -0.4 is 0 Å². The molecule has 5 heteroatoms. The van der Waals surface area contributed by atoms with Crippen LogP contribution in [0.1, 0.15) is 25.1 Å². The summed E-state index contributed by atoms with van der Waals surface area (Å²) in [4.78, 5) is 15.9. The zero-order chi connectivity index (χ0) is 10.6. The second kappa shape index (κ2) is 2.70. The quantitative estimate of drug-likeness (QED) is 0.851. The number of hydrogen-bond acceptors (Lipinski definition) is 3. The molecule has 1 N–H and O–H groups in total. The highest BCUT2D eigenvalue weighted by atomic mass is 35.5. The van der Waals surface area contributed by atoms with E-state index in [9.17, 15) is 9.90 Å². The average molecular weight is 232 g/mol. The smallest absolute Gasteiger partial charge is 0.315 e. The van der Waals surface area contributed by atoms with Crippen molar-refractivity contribution < 1.29 is 9.90 Å². The molecule has 76 valence electrons. The van der Waals surface area contributed by atoms with E-state index in [-0.39, 0.29) is 5.41 Å². The number of hydrogen-bond donors (Lipinski definition) is 1. The molecule has 0 bridgehead atoms. The number of thiazole rings is 1. The first-order valence-corrected chi connectivity index (χ1v) is 5.45. The molecule has 1 aliphatic carbocycles. The van der Waals surface area contributed by atoms with E-state index in [0.29, 0.717) is 10.9 Å². The third-order valence-electron chi connectivity index (χ3n) is 3.00. The minimum Gasteiger partial charge on any atom is -0.481 e. The van der Waals surface area contributed by atoms with Gasteiger partial charge in [-0.15, -0.1) is 11.3 Å². The number of halogens is 1. The maximum absolute atomic E-state index is 11.2. The summed E-state index contributed by atoms with van der Waals surface area (Å²) in [6.07, 6.45) is 2.24. The first-order valence-electron chi connectivity index (χ1n) is 4.25. The summed E-state index contributed by atoms with van der Waals surface area (Å²) >= 11 is 6.97. The topological polar surface area (TPSA) is 50.2 Å². The first kappa shape index (κ1) is 9.93. The van der Waals surface area contributed by atoms with Crippen molar-refractivity contribution in [1.82, 2.24) is 4.98 Å². The Labute approximate surface area is 90.7 Å². The molecule has 1 aromatic heterocycles. The number of nitrogens with zero attached hydrogens (tertiary/aromatic N) is 1. The van der Waals surface area contributed by atoms with Gasteiger partial charge >= 0.3 is 5.97 Å². The molecule has 3 nitrogen and oxygen atoms in total. The van der Waals surface area contributed by atoms with Gasteiger partial charge in [0.05, 0.1) is 0 Å². The minimum atomic E-state index is -0.775. The summed E-state index contributed by atoms with van der Waals surface area (Å²) in [6.45, 7) is 3.91. The highest BCUT2D eigenvalue weighted by Crippen LogP contribution is 2.65. The lowest BCUT2D eigenvalue weighted by Crippen LogP contribution is -2.24. The summed E-state index contributed by atoms with van der Waals surface area (Å²) in [7, 11) is 0. The second-order valence-electron chi connectivity index (χ2n) is 4.25. The van der Waals surface area contributed by atoms with Gasteiger partial charge in [0.1, 0.15) is 5.41 Å². The van der Waals surface area contributed by atoms with Crippen molar-refractivity contribution in [2.75, 3.05) is 0 Å². The van der Waals surface area contributed by atoms with Gasteiger partial charge in [-0.3, -0.25) is 4.79 Å². The van der Waals surface area contributed by atoms with Crippen molar-refractivity contribution in [3.63, 3.8) is 0 Å². The van der Waals surface area contributed by atoms with Gasteiger partial charge in [0.25, 0.3) is 0 Å². The van der Waals surface area contributed by atoms with E-state index in [1.807, 2.05) is 13.8 Å². The third-order valence-corrected chi connectivity index (χ3v) is 4.28. The lowest BCUT2D eigenvalue weighted by Gasteiger charge is -2.12. The number of aromatic nitrogens is 1. The molecule has 2 rings (SSSR count). The third kappa shape index (κ3) is 1.10. The number of carbonyl (C=O) groups is 1. The fourth-order valence-electron chi connectivity index (χ4n) is 1.96. The fourth-order valence-corrected chi connectivity index (χ4v) is 3.26. The van der Waals surface area contributed by atoms with Crippen molar-refractivity contribution in [2.24, 2.45) is 5.41 Å². The monoisotopic (exact) mass is 231 g/mol. The molecular formula is C9H10ClNO2S. The predicted octanol–water partition coefficient (Wildman–Crippen LogP) is 2.55. The zero-order valence-electron chi connectivity index (χ0n) is 7.87. The Kier molecular flexibility index (Phi) is 1.92. The van der Waals surface area contributed by atoms with Gasteiger partial charge in [0.15, 0.2) is 4.47 Å². The molecule has 1 aromatic rings. The SMILES string of the molecule is CC1(C)CC1(C(=O)O)c1cnc(Cl)s1. The molecule has 1 fully saturated rings. The number of carboxylic acids is 1. The van der Waals surface area contributed by atoms with Crippen LogP contribution in [0.4, 0.5) is 0 Å². The molecular weight excluding hydrogens is 222 g/mol. The Morgan fingerprint density at radius 2 is 2.29 bits per heavy atom. The van der Waals surface area contributed by atoms with Gasteiger partial charge < -0.3 is 5.11 Å². The van der Waals surface area contributed by atoms with E-state index >= 15 is 0 Å². The zero-order valence-corrected chi connectivity index (χ0v) is 9.45. The molecule has 0 amide bonds. The van der Waals surface area contributed by atoms with Crippen LogP contribution in [-0.4, -0.2) is 16.1 Å². The lowest BCUT2D eigenvalue weighted by atomic mass is 9.95. The Morgan fingerprint density at radius 3 is 2.57 bits per heavy atom. The molecule has 14 heavy (non-hydrogen) atoms. The first-order chi connectivity index (χ1) is 6.40. The second-order valence-corrected chi connectivity index (χ2v) is 5.86. The van der Waals surface area contributed by atoms with Gasteiger partial charge in [-0.25, -0.2) is 4.98 Å². The molecule has 0 spiro atoms. The Balaban J connectivity index is 2.46. The van der Waals surface area contributed by atoms with Crippen LogP contribution in [-0.2, 0) is 10.2 Å². The normalized spacial score (nSPS) is 28.8. The van der Waals surface area contributed by atoms with E-state index in [1.54, 1.807) is 6.20 Å². The molecule has 0 radical (unpaired) electrons. The molecule has 0 aromatic carbocycles. The van der Waals surface area contributed by atoms with Crippen LogP contribution >= 0.6 is 22.9 Å².